The average Bonchev–Trinajstić information content (AvgIpc) is 2.73. The van der Waals surface area contributed by atoms with Crippen molar-refractivity contribution in [2.75, 3.05) is 30.9 Å². The molecule has 1 fully saturated rings. The van der Waals surface area contributed by atoms with Crippen LogP contribution >= 0.6 is 0 Å². The molecule has 3 heterocycles. The van der Waals surface area contributed by atoms with Crippen molar-refractivity contribution in [2.45, 2.75) is 25.9 Å². The van der Waals surface area contributed by atoms with Crippen LogP contribution in [0.15, 0.2) is 36.8 Å². The zero-order chi connectivity index (χ0) is 21.3. The van der Waals surface area contributed by atoms with Gasteiger partial charge in [0.05, 0.1) is 12.4 Å². The number of hydrogen-bond donors (Lipinski definition) is 2. The van der Waals surface area contributed by atoms with Gasteiger partial charge in [-0.25, -0.2) is 19.9 Å². The van der Waals surface area contributed by atoms with Gasteiger partial charge >= 0.3 is 0 Å². The number of rotatable bonds is 4. The Morgan fingerprint density at radius 2 is 2.10 bits per heavy atom. The molecule has 2 unspecified atom stereocenters. The standard InChI is InChI=1S/C21H26N8O/c1-13-5-4-6-15(9-13)26-19-18-16(24-12-25-19)11-23-21(27-18)29-8-7-14(10-17(29)22)20(30)28(2)3/h4-6,9,11-12,14,17H,7-8,10,22H2,1-3H3,(H,24,25,26). The molecule has 0 saturated carbocycles. The number of benzene rings is 1. The minimum atomic E-state index is -0.331. The van der Waals surface area contributed by atoms with Gasteiger partial charge in [0.15, 0.2) is 5.82 Å². The normalized spacial score (nSPS) is 19.0. The summed E-state index contributed by atoms with van der Waals surface area (Å²) in [7, 11) is 3.55. The molecule has 1 amide bonds. The number of anilines is 3. The number of hydrogen-bond acceptors (Lipinski definition) is 8. The summed E-state index contributed by atoms with van der Waals surface area (Å²) < 4.78 is 0. The van der Waals surface area contributed by atoms with Crippen LogP contribution < -0.4 is 16.0 Å². The van der Waals surface area contributed by atoms with Crippen LogP contribution in [0.4, 0.5) is 17.5 Å². The molecule has 0 spiro atoms. The third kappa shape index (κ3) is 4.02. The zero-order valence-electron chi connectivity index (χ0n) is 17.4. The van der Waals surface area contributed by atoms with E-state index < -0.39 is 0 Å². The minimum Gasteiger partial charge on any atom is -0.349 e. The Kier molecular flexibility index (Phi) is 5.45. The van der Waals surface area contributed by atoms with E-state index in [4.69, 9.17) is 10.7 Å². The molecule has 3 N–H and O–H groups in total. The first kappa shape index (κ1) is 20.0. The third-order valence-corrected chi connectivity index (χ3v) is 5.34. The predicted molar refractivity (Wildman–Crippen MR) is 116 cm³/mol. The van der Waals surface area contributed by atoms with Crippen LogP contribution in [0.2, 0.25) is 0 Å². The average molecular weight is 406 g/mol. The number of nitrogens with zero attached hydrogens (tertiary/aromatic N) is 6. The van der Waals surface area contributed by atoms with Gasteiger partial charge < -0.3 is 20.9 Å². The Labute approximate surface area is 175 Å². The van der Waals surface area contributed by atoms with Gasteiger partial charge in [0.25, 0.3) is 0 Å². The van der Waals surface area contributed by atoms with E-state index in [0.717, 1.165) is 11.3 Å². The Hall–Kier alpha value is -3.33. The van der Waals surface area contributed by atoms with Crippen LogP contribution in [0.1, 0.15) is 18.4 Å². The lowest BCUT2D eigenvalue weighted by molar-refractivity contribution is -0.133. The monoisotopic (exact) mass is 406 g/mol. The van der Waals surface area contributed by atoms with Gasteiger partial charge in [-0.05, 0) is 37.5 Å². The van der Waals surface area contributed by atoms with Crippen LogP contribution in [0.25, 0.3) is 11.0 Å². The van der Waals surface area contributed by atoms with Crippen molar-refractivity contribution in [1.29, 1.82) is 0 Å². The summed E-state index contributed by atoms with van der Waals surface area (Å²) in [5, 5.41) is 3.32. The maximum atomic E-state index is 12.3. The van der Waals surface area contributed by atoms with Gasteiger partial charge in [-0.3, -0.25) is 4.79 Å². The molecule has 156 valence electrons. The highest BCUT2D eigenvalue weighted by atomic mass is 16.2. The molecule has 1 aromatic carbocycles. The van der Waals surface area contributed by atoms with E-state index in [2.05, 4.69) is 20.3 Å². The molecular formula is C21H26N8O. The number of fused-ring (bicyclic) bond motifs is 1. The Bertz CT molecular complexity index is 1070. The lowest BCUT2D eigenvalue weighted by Gasteiger charge is -2.37. The van der Waals surface area contributed by atoms with Crippen molar-refractivity contribution in [3.8, 4) is 0 Å². The number of carbonyl (C=O) groups excluding carboxylic acids is 1. The second-order valence-corrected chi connectivity index (χ2v) is 7.84. The summed E-state index contributed by atoms with van der Waals surface area (Å²) in [6, 6.07) is 8.04. The molecule has 4 rings (SSSR count). The predicted octanol–water partition coefficient (Wildman–Crippen LogP) is 2.06. The fourth-order valence-electron chi connectivity index (χ4n) is 3.77. The highest BCUT2D eigenvalue weighted by molar-refractivity contribution is 5.87. The fraction of sp³-hybridized carbons (Fsp3) is 0.381. The van der Waals surface area contributed by atoms with Gasteiger partial charge in [0.2, 0.25) is 11.9 Å². The first-order valence-electron chi connectivity index (χ1n) is 9.97. The van der Waals surface area contributed by atoms with Gasteiger partial charge in [-0.2, -0.15) is 0 Å². The Morgan fingerprint density at radius 1 is 1.27 bits per heavy atom. The summed E-state index contributed by atoms with van der Waals surface area (Å²) in [5.74, 6) is 1.17. The van der Waals surface area contributed by atoms with Crippen LogP contribution in [-0.4, -0.2) is 57.5 Å². The highest BCUT2D eigenvalue weighted by Gasteiger charge is 2.32. The number of nitrogens with one attached hydrogen (secondary N) is 1. The summed E-state index contributed by atoms with van der Waals surface area (Å²) in [6.07, 6.45) is 4.13. The minimum absolute atomic E-state index is 0.0754. The molecule has 30 heavy (non-hydrogen) atoms. The molecule has 1 aliphatic rings. The number of nitrogens with two attached hydrogens (primary N) is 1. The van der Waals surface area contributed by atoms with E-state index in [1.807, 2.05) is 36.1 Å². The number of amides is 1. The maximum absolute atomic E-state index is 12.3. The van der Waals surface area contributed by atoms with Crippen LogP contribution in [0.3, 0.4) is 0 Å². The second-order valence-electron chi connectivity index (χ2n) is 7.84. The Morgan fingerprint density at radius 3 is 2.83 bits per heavy atom. The first-order chi connectivity index (χ1) is 14.4. The van der Waals surface area contributed by atoms with Crippen molar-refractivity contribution in [3.63, 3.8) is 0 Å². The summed E-state index contributed by atoms with van der Waals surface area (Å²) in [5.41, 5.74) is 9.74. The molecule has 1 aliphatic heterocycles. The van der Waals surface area contributed by atoms with Crippen LogP contribution in [0.5, 0.6) is 0 Å². The van der Waals surface area contributed by atoms with Gasteiger partial charge in [0, 0.05) is 32.2 Å². The van der Waals surface area contributed by atoms with E-state index in [9.17, 15) is 4.79 Å². The third-order valence-electron chi connectivity index (χ3n) is 5.34. The molecule has 2 atom stereocenters. The number of aryl methyl sites for hydroxylation is 1. The zero-order valence-corrected chi connectivity index (χ0v) is 17.4. The molecule has 2 aromatic heterocycles. The maximum Gasteiger partial charge on any atom is 0.227 e. The smallest absolute Gasteiger partial charge is 0.227 e. The molecule has 9 heteroatoms. The van der Waals surface area contributed by atoms with Crippen LogP contribution in [-0.2, 0) is 4.79 Å². The number of aromatic nitrogens is 4. The molecule has 3 aromatic rings. The molecule has 0 aliphatic carbocycles. The van der Waals surface area contributed by atoms with E-state index >= 15 is 0 Å². The van der Waals surface area contributed by atoms with Gasteiger partial charge in [-0.1, -0.05) is 12.1 Å². The van der Waals surface area contributed by atoms with Gasteiger partial charge in [0.1, 0.15) is 17.4 Å². The second kappa shape index (κ2) is 8.19. The van der Waals surface area contributed by atoms with Crippen molar-refractivity contribution in [2.24, 2.45) is 11.7 Å². The first-order valence-corrected chi connectivity index (χ1v) is 9.97. The van der Waals surface area contributed by atoms with Crippen molar-refractivity contribution < 1.29 is 4.79 Å². The molecule has 1 saturated heterocycles. The lowest BCUT2D eigenvalue weighted by Crippen LogP contribution is -2.51. The fourth-order valence-corrected chi connectivity index (χ4v) is 3.77. The Balaban J connectivity index is 1.61. The summed E-state index contributed by atoms with van der Waals surface area (Å²) >= 11 is 0. The van der Waals surface area contributed by atoms with Crippen molar-refractivity contribution >= 4 is 34.4 Å². The van der Waals surface area contributed by atoms with E-state index in [1.165, 1.54) is 6.33 Å². The van der Waals surface area contributed by atoms with Gasteiger partial charge in [-0.15, -0.1) is 0 Å². The van der Waals surface area contributed by atoms with E-state index in [-0.39, 0.29) is 18.0 Å². The highest BCUT2D eigenvalue weighted by Crippen LogP contribution is 2.27. The number of carbonyl (C=O) groups is 1. The summed E-state index contributed by atoms with van der Waals surface area (Å²) in [4.78, 5) is 33.7. The topological polar surface area (TPSA) is 113 Å². The largest absolute Gasteiger partial charge is 0.349 e. The van der Waals surface area contributed by atoms with Crippen molar-refractivity contribution in [1.82, 2.24) is 24.8 Å². The number of piperidine rings is 1. The molecular weight excluding hydrogens is 380 g/mol. The van der Waals surface area contributed by atoms with Crippen LogP contribution in [0, 0.1) is 12.8 Å². The molecule has 9 nitrogen and oxygen atoms in total. The van der Waals surface area contributed by atoms with Crippen molar-refractivity contribution in [3.05, 3.63) is 42.4 Å². The SMILES string of the molecule is Cc1cccc(Nc2ncnc3cnc(N4CCC(C(=O)N(C)C)CC4N)nc23)c1. The van der Waals surface area contributed by atoms with E-state index in [1.54, 1.807) is 25.2 Å². The molecule has 0 radical (unpaired) electrons. The lowest BCUT2D eigenvalue weighted by atomic mass is 9.93. The summed E-state index contributed by atoms with van der Waals surface area (Å²) in [6.45, 7) is 2.65. The molecule has 0 bridgehead atoms. The quantitative estimate of drug-likeness (QED) is 0.677. The van der Waals surface area contributed by atoms with E-state index in [0.29, 0.717) is 42.2 Å².